The molecule has 0 saturated heterocycles. The van der Waals surface area contributed by atoms with Gasteiger partial charge < -0.3 is 10.5 Å². The molecule has 0 saturated carbocycles. The first kappa shape index (κ1) is 22.4. The third kappa shape index (κ3) is 5.05. The normalized spacial score (nSPS) is 14.2. The first-order chi connectivity index (χ1) is 14.0. The van der Waals surface area contributed by atoms with Crippen molar-refractivity contribution >= 4 is 22.5 Å². The first-order valence-electron chi connectivity index (χ1n) is 9.64. The minimum absolute atomic E-state index is 0.0125. The van der Waals surface area contributed by atoms with Crippen LogP contribution in [-0.2, 0) is 6.18 Å². The number of hydrogen-bond acceptors (Lipinski definition) is 3. The second-order valence-electron chi connectivity index (χ2n) is 8.24. The number of alkyl halides is 3. The van der Waals surface area contributed by atoms with E-state index in [0.29, 0.717) is 39.4 Å². The molecule has 0 bridgehead atoms. The van der Waals surface area contributed by atoms with Gasteiger partial charge in [0.2, 0.25) is 0 Å². The molecule has 0 unspecified atom stereocenters. The molecule has 0 amide bonds. The smallest absolute Gasteiger partial charge is 0.419 e. The number of pyridine rings is 1. The Morgan fingerprint density at radius 1 is 1.13 bits per heavy atom. The molecular weight excluding hydrogens is 413 g/mol. The number of nitrogens with two attached hydrogens (primary N) is 1. The van der Waals surface area contributed by atoms with Gasteiger partial charge in [0.25, 0.3) is 0 Å². The van der Waals surface area contributed by atoms with Gasteiger partial charge in [-0.05, 0) is 54.7 Å². The molecule has 1 aromatic heterocycles. The molecule has 2 N–H and O–H groups in total. The highest BCUT2D eigenvalue weighted by atomic mass is 35.5. The van der Waals surface area contributed by atoms with Crippen LogP contribution in [0.15, 0.2) is 48.7 Å². The fourth-order valence-electron chi connectivity index (χ4n) is 3.67. The van der Waals surface area contributed by atoms with E-state index in [1.54, 1.807) is 37.3 Å². The van der Waals surface area contributed by atoms with Crippen molar-refractivity contribution in [2.45, 2.75) is 38.9 Å². The van der Waals surface area contributed by atoms with Gasteiger partial charge in [-0.25, -0.2) is 0 Å². The van der Waals surface area contributed by atoms with Gasteiger partial charge >= 0.3 is 6.18 Å². The topological polar surface area (TPSA) is 48.1 Å². The summed E-state index contributed by atoms with van der Waals surface area (Å²) in [5, 5.41) is 1.12. The van der Waals surface area contributed by atoms with Crippen LogP contribution >= 0.6 is 11.6 Å². The van der Waals surface area contributed by atoms with E-state index in [9.17, 15) is 13.2 Å². The Morgan fingerprint density at radius 2 is 1.87 bits per heavy atom. The van der Waals surface area contributed by atoms with Crippen molar-refractivity contribution in [3.05, 3.63) is 59.2 Å². The maximum absolute atomic E-state index is 13.8. The van der Waals surface area contributed by atoms with Crippen molar-refractivity contribution in [1.82, 2.24) is 4.98 Å². The number of aromatic nitrogens is 1. The Bertz CT molecular complexity index is 1050. The highest BCUT2D eigenvalue weighted by molar-refractivity contribution is 6.35. The quantitative estimate of drug-likeness (QED) is 0.466. The Balaban J connectivity index is 2.02. The lowest BCUT2D eigenvalue weighted by molar-refractivity contribution is -0.139. The molecule has 7 heteroatoms. The third-order valence-electron chi connectivity index (χ3n) is 4.75. The highest BCUT2D eigenvalue weighted by Gasteiger charge is 2.35. The Kier molecular flexibility index (Phi) is 6.29. The molecule has 3 nitrogen and oxygen atoms in total. The molecule has 0 aliphatic heterocycles. The summed E-state index contributed by atoms with van der Waals surface area (Å²) in [6.45, 7) is 5.78. The van der Waals surface area contributed by atoms with Crippen molar-refractivity contribution in [2.75, 3.05) is 6.61 Å². The predicted octanol–water partition coefficient (Wildman–Crippen LogP) is 6.72. The van der Waals surface area contributed by atoms with E-state index in [1.165, 1.54) is 12.3 Å². The van der Waals surface area contributed by atoms with Crippen molar-refractivity contribution in [2.24, 2.45) is 11.7 Å². The number of benzene rings is 2. The van der Waals surface area contributed by atoms with Crippen LogP contribution < -0.4 is 10.5 Å². The number of nitrogens with zero attached hydrogens (tertiary/aromatic N) is 1. The van der Waals surface area contributed by atoms with E-state index in [4.69, 9.17) is 22.1 Å². The number of ether oxygens (including phenoxy) is 1. The van der Waals surface area contributed by atoms with Crippen LogP contribution in [-0.4, -0.2) is 17.1 Å². The van der Waals surface area contributed by atoms with E-state index >= 15 is 0 Å². The molecule has 3 rings (SSSR count). The zero-order valence-electron chi connectivity index (χ0n) is 17.1. The molecular formula is C23H24ClF3N2O. The molecule has 2 aromatic carbocycles. The first-order valence-corrected chi connectivity index (χ1v) is 10.0. The Hall–Kier alpha value is -2.31. The summed E-state index contributed by atoms with van der Waals surface area (Å²) in [6.07, 6.45) is -2.40. The van der Waals surface area contributed by atoms with E-state index in [1.807, 2.05) is 13.8 Å². The SMILES string of the molecule is CC(C)C[C@](C)(N)COc1ccc(-c2ccnc3c(Cl)cccc23)cc1C(F)(F)F. The lowest BCUT2D eigenvalue weighted by Crippen LogP contribution is -2.43. The highest BCUT2D eigenvalue weighted by Crippen LogP contribution is 2.40. The third-order valence-corrected chi connectivity index (χ3v) is 5.05. The molecule has 0 spiro atoms. The van der Waals surface area contributed by atoms with Gasteiger partial charge in [0.1, 0.15) is 12.4 Å². The average molecular weight is 437 g/mol. The van der Waals surface area contributed by atoms with E-state index in [-0.39, 0.29) is 12.4 Å². The van der Waals surface area contributed by atoms with Crippen LogP contribution in [0, 0.1) is 5.92 Å². The van der Waals surface area contributed by atoms with Crippen LogP contribution in [0.25, 0.3) is 22.0 Å². The van der Waals surface area contributed by atoms with E-state index in [0.717, 1.165) is 6.07 Å². The molecule has 0 radical (unpaired) electrons. The second-order valence-corrected chi connectivity index (χ2v) is 8.65. The zero-order chi connectivity index (χ0) is 22.1. The summed E-state index contributed by atoms with van der Waals surface area (Å²) in [5.41, 5.74) is 6.19. The Morgan fingerprint density at radius 3 is 2.53 bits per heavy atom. The lowest BCUT2D eigenvalue weighted by Gasteiger charge is -2.27. The van der Waals surface area contributed by atoms with Gasteiger partial charge in [0.15, 0.2) is 0 Å². The van der Waals surface area contributed by atoms with Crippen molar-refractivity contribution in [3.63, 3.8) is 0 Å². The summed E-state index contributed by atoms with van der Waals surface area (Å²) in [7, 11) is 0. The summed E-state index contributed by atoms with van der Waals surface area (Å²) in [6, 6.07) is 11.0. The number of rotatable bonds is 6. The predicted molar refractivity (Wildman–Crippen MR) is 115 cm³/mol. The monoisotopic (exact) mass is 436 g/mol. The van der Waals surface area contributed by atoms with Gasteiger partial charge in [-0.3, -0.25) is 4.98 Å². The summed E-state index contributed by atoms with van der Waals surface area (Å²) in [5.74, 6) is 0.0722. The van der Waals surface area contributed by atoms with Crippen molar-refractivity contribution < 1.29 is 17.9 Å². The molecule has 1 atom stereocenters. The van der Waals surface area contributed by atoms with Crippen LogP contribution in [0.2, 0.25) is 5.02 Å². The second kappa shape index (κ2) is 8.44. The lowest BCUT2D eigenvalue weighted by atomic mass is 9.93. The summed E-state index contributed by atoms with van der Waals surface area (Å²) in [4.78, 5) is 4.24. The molecule has 1 heterocycles. The molecule has 0 aliphatic carbocycles. The van der Waals surface area contributed by atoms with Gasteiger partial charge in [0.05, 0.1) is 16.1 Å². The van der Waals surface area contributed by atoms with Gasteiger partial charge in [-0.15, -0.1) is 0 Å². The molecule has 3 aromatic rings. The van der Waals surface area contributed by atoms with Gasteiger partial charge in [-0.1, -0.05) is 43.6 Å². The maximum atomic E-state index is 13.8. The minimum Gasteiger partial charge on any atom is -0.491 e. The molecule has 0 aliphatic rings. The minimum atomic E-state index is -4.57. The van der Waals surface area contributed by atoms with E-state index < -0.39 is 17.3 Å². The standard InChI is InChI=1S/C23H24ClF3N2O/c1-14(2)12-22(3,28)13-30-20-8-7-15(11-18(20)23(25,26)27)16-9-10-29-21-17(16)5-4-6-19(21)24/h4-11,14H,12-13,28H2,1-3H3/t22-/m0/s1. The van der Waals surface area contributed by atoms with Gasteiger partial charge in [-0.2, -0.15) is 13.2 Å². The molecule has 0 fully saturated rings. The van der Waals surface area contributed by atoms with Crippen molar-refractivity contribution in [3.8, 4) is 16.9 Å². The fraction of sp³-hybridized carbons (Fsp3) is 0.348. The van der Waals surface area contributed by atoms with Crippen LogP contribution in [0.1, 0.15) is 32.8 Å². The van der Waals surface area contributed by atoms with E-state index in [2.05, 4.69) is 4.98 Å². The summed E-state index contributed by atoms with van der Waals surface area (Å²) >= 11 is 6.19. The van der Waals surface area contributed by atoms with Crippen LogP contribution in [0.3, 0.4) is 0 Å². The maximum Gasteiger partial charge on any atom is 0.419 e. The molecule has 160 valence electrons. The van der Waals surface area contributed by atoms with Crippen molar-refractivity contribution in [1.29, 1.82) is 0 Å². The number of halogens is 4. The van der Waals surface area contributed by atoms with Crippen LogP contribution in [0.5, 0.6) is 5.75 Å². The van der Waals surface area contributed by atoms with Gasteiger partial charge in [0, 0.05) is 17.1 Å². The fourth-order valence-corrected chi connectivity index (χ4v) is 3.89. The zero-order valence-corrected chi connectivity index (χ0v) is 17.8. The number of fused-ring (bicyclic) bond motifs is 1. The molecule has 30 heavy (non-hydrogen) atoms. The average Bonchev–Trinajstić information content (AvgIpc) is 2.65. The number of hydrogen-bond donors (Lipinski definition) is 1. The van der Waals surface area contributed by atoms with Crippen LogP contribution in [0.4, 0.5) is 13.2 Å². The largest absolute Gasteiger partial charge is 0.491 e. The Labute approximate surface area is 179 Å². The summed E-state index contributed by atoms with van der Waals surface area (Å²) < 4.78 is 47.0. The number of para-hydroxylation sites is 1.